The summed E-state index contributed by atoms with van der Waals surface area (Å²) >= 11 is 7.79. The number of halogens is 2. The van der Waals surface area contributed by atoms with Gasteiger partial charge in [-0.05, 0) is 55.2 Å². The molecule has 0 bridgehead atoms. The third kappa shape index (κ3) is 4.04. The Labute approximate surface area is 146 Å². The molecule has 1 aromatic carbocycles. The number of ether oxygens (including phenoxy) is 1. The Morgan fingerprint density at radius 2 is 1.90 bits per heavy atom. The minimum atomic E-state index is 0.407. The van der Waals surface area contributed by atoms with Crippen LogP contribution in [0.2, 0.25) is 0 Å². The molecule has 1 unspecified atom stereocenters. The van der Waals surface area contributed by atoms with E-state index in [1.54, 1.807) is 0 Å². The molecule has 0 N–H and O–H groups in total. The average Bonchev–Trinajstić information content (AvgIpc) is 2.87. The molecule has 0 aromatic heterocycles. The summed E-state index contributed by atoms with van der Waals surface area (Å²) < 4.78 is 6.75. The summed E-state index contributed by atoms with van der Waals surface area (Å²) in [6, 6.07) is 6.41. The van der Waals surface area contributed by atoms with Crippen LogP contribution < -0.4 is 4.74 Å². The monoisotopic (exact) mass is 416 g/mol. The highest BCUT2D eigenvalue weighted by Crippen LogP contribution is 2.56. The van der Waals surface area contributed by atoms with Crippen LogP contribution >= 0.6 is 31.9 Å². The van der Waals surface area contributed by atoms with Gasteiger partial charge in [-0.1, -0.05) is 64.6 Å². The van der Waals surface area contributed by atoms with Crippen molar-refractivity contribution in [2.24, 2.45) is 11.3 Å². The van der Waals surface area contributed by atoms with Crippen molar-refractivity contribution in [3.05, 3.63) is 28.2 Å². The van der Waals surface area contributed by atoms with Crippen LogP contribution in [0.4, 0.5) is 0 Å². The third-order valence-electron chi connectivity index (χ3n) is 4.51. The van der Waals surface area contributed by atoms with Crippen LogP contribution in [-0.2, 0) is 0 Å². The molecule has 0 amide bonds. The first kappa shape index (κ1) is 17.3. The summed E-state index contributed by atoms with van der Waals surface area (Å²) in [6.07, 6.45) is 6.69. The Balaban J connectivity index is 2.26. The van der Waals surface area contributed by atoms with E-state index >= 15 is 0 Å². The van der Waals surface area contributed by atoms with E-state index in [1.165, 1.54) is 37.7 Å². The van der Waals surface area contributed by atoms with E-state index in [-0.39, 0.29) is 0 Å². The largest absolute Gasteiger partial charge is 0.494 e. The highest BCUT2D eigenvalue weighted by atomic mass is 79.9. The van der Waals surface area contributed by atoms with E-state index < -0.39 is 0 Å². The third-order valence-corrected chi connectivity index (χ3v) is 6.66. The van der Waals surface area contributed by atoms with Gasteiger partial charge in [-0.25, -0.2) is 0 Å². The smallest absolute Gasteiger partial charge is 0.120 e. The number of hydrogen-bond donors (Lipinski definition) is 0. The molecule has 0 radical (unpaired) electrons. The zero-order valence-corrected chi connectivity index (χ0v) is 16.5. The van der Waals surface area contributed by atoms with E-state index in [9.17, 15) is 0 Å². The van der Waals surface area contributed by atoms with E-state index in [2.05, 4.69) is 63.9 Å². The molecular formula is C18H26Br2O. The number of benzene rings is 1. The standard InChI is InChI=1S/C18H26Br2O/c1-4-21-14-7-8-15(16(19)11-14)17(20)18(12-13(2)3)9-5-6-10-18/h7-8,11,13,17H,4-6,9-10,12H2,1-3H3. The first-order chi connectivity index (χ1) is 9.98. The molecule has 3 heteroatoms. The molecule has 1 aliphatic carbocycles. The Bertz CT molecular complexity index is 464. The fraction of sp³-hybridized carbons (Fsp3) is 0.667. The topological polar surface area (TPSA) is 9.23 Å². The van der Waals surface area contributed by atoms with Crippen molar-refractivity contribution < 1.29 is 4.74 Å². The van der Waals surface area contributed by atoms with Crippen molar-refractivity contribution in [3.63, 3.8) is 0 Å². The molecule has 0 heterocycles. The highest BCUT2D eigenvalue weighted by Gasteiger charge is 2.41. The number of rotatable bonds is 6. The first-order valence-electron chi connectivity index (χ1n) is 8.05. The van der Waals surface area contributed by atoms with Crippen molar-refractivity contribution >= 4 is 31.9 Å². The van der Waals surface area contributed by atoms with Gasteiger partial charge in [0.05, 0.1) is 6.61 Å². The minimum absolute atomic E-state index is 0.407. The van der Waals surface area contributed by atoms with Gasteiger partial charge in [-0.15, -0.1) is 0 Å². The predicted octanol–water partition coefficient (Wildman–Crippen LogP) is 6.89. The van der Waals surface area contributed by atoms with E-state index in [0.29, 0.717) is 16.8 Å². The molecule has 0 aliphatic heterocycles. The van der Waals surface area contributed by atoms with Gasteiger partial charge in [0.2, 0.25) is 0 Å². The molecule has 1 aromatic rings. The lowest BCUT2D eigenvalue weighted by Crippen LogP contribution is -2.24. The lowest BCUT2D eigenvalue weighted by molar-refractivity contribution is 0.229. The average molecular weight is 418 g/mol. The van der Waals surface area contributed by atoms with Crippen LogP contribution in [0.3, 0.4) is 0 Å². The second kappa shape index (κ2) is 7.50. The fourth-order valence-electron chi connectivity index (χ4n) is 3.75. The summed E-state index contributed by atoms with van der Waals surface area (Å²) in [6.45, 7) is 7.41. The zero-order chi connectivity index (χ0) is 15.5. The fourth-order valence-corrected chi connectivity index (χ4v) is 5.69. The van der Waals surface area contributed by atoms with Crippen molar-refractivity contribution in [2.45, 2.75) is 57.7 Å². The van der Waals surface area contributed by atoms with Crippen molar-refractivity contribution in [1.29, 1.82) is 0 Å². The van der Waals surface area contributed by atoms with E-state index in [1.807, 2.05) is 6.92 Å². The summed E-state index contributed by atoms with van der Waals surface area (Å²) in [5.74, 6) is 1.68. The SMILES string of the molecule is CCOc1ccc(C(Br)C2(CC(C)C)CCCC2)c(Br)c1. The highest BCUT2D eigenvalue weighted by molar-refractivity contribution is 9.11. The van der Waals surface area contributed by atoms with Crippen molar-refractivity contribution in [3.8, 4) is 5.75 Å². The molecule has 118 valence electrons. The van der Waals surface area contributed by atoms with Gasteiger partial charge < -0.3 is 4.74 Å². The summed E-state index contributed by atoms with van der Waals surface area (Å²) in [4.78, 5) is 0.417. The molecule has 1 fully saturated rings. The van der Waals surface area contributed by atoms with Gasteiger partial charge in [0.15, 0.2) is 0 Å². The van der Waals surface area contributed by atoms with Crippen LogP contribution in [0.1, 0.15) is 63.3 Å². The van der Waals surface area contributed by atoms with Gasteiger partial charge in [0.1, 0.15) is 5.75 Å². The second-order valence-corrected chi connectivity index (χ2v) is 8.42. The van der Waals surface area contributed by atoms with Crippen LogP contribution in [0, 0.1) is 11.3 Å². The van der Waals surface area contributed by atoms with Gasteiger partial charge in [0, 0.05) is 9.30 Å². The zero-order valence-electron chi connectivity index (χ0n) is 13.3. The molecule has 2 rings (SSSR count). The first-order valence-corrected chi connectivity index (χ1v) is 9.75. The number of alkyl halides is 1. The predicted molar refractivity (Wildman–Crippen MR) is 97.3 cm³/mol. The summed E-state index contributed by atoms with van der Waals surface area (Å²) in [5.41, 5.74) is 1.77. The van der Waals surface area contributed by atoms with Crippen LogP contribution in [-0.4, -0.2) is 6.61 Å². The van der Waals surface area contributed by atoms with Crippen LogP contribution in [0.5, 0.6) is 5.75 Å². The summed E-state index contributed by atoms with van der Waals surface area (Å²) in [5, 5.41) is 0. The Morgan fingerprint density at radius 1 is 1.24 bits per heavy atom. The van der Waals surface area contributed by atoms with Crippen LogP contribution in [0.25, 0.3) is 0 Å². The maximum absolute atomic E-state index is 5.59. The molecule has 1 aliphatic rings. The van der Waals surface area contributed by atoms with E-state index in [4.69, 9.17) is 4.74 Å². The molecule has 1 saturated carbocycles. The molecule has 21 heavy (non-hydrogen) atoms. The molecular weight excluding hydrogens is 392 g/mol. The van der Waals surface area contributed by atoms with Crippen LogP contribution in [0.15, 0.2) is 22.7 Å². The van der Waals surface area contributed by atoms with Gasteiger partial charge in [-0.2, -0.15) is 0 Å². The minimum Gasteiger partial charge on any atom is -0.494 e. The lowest BCUT2D eigenvalue weighted by atomic mass is 9.74. The van der Waals surface area contributed by atoms with Gasteiger partial charge in [0.25, 0.3) is 0 Å². The van der Waals surface area contributed by atoms with Crippen molar-refractivity contribution in [1.82, 2.24) is 0 Å². The maximum atomic E-state index is 5.59. The quantitative estimate of drug-likeness (QED) is 0.457. The number of hydrogen-bond acceptors (Lipinski definition) is 1. The molecule has 0 spiro atoms. The summed E-state index contributed by atoms with van der Waals surface area (Å²) in [7, 11) is 0. The second-order valence-electron chi connectivity index (χ2n) is 6.65. The maximum Gasteiger partial charge on any atom is 0.120 e. The normalized spacial score (nSPS) is 19.0. The van der Waals surface area contributed by atoms with Gasteiger partial charge in [-0.3, -0.25) is 0 Å². The van der Waals surface area contributed by atoms with Gasteiger partial charge >= 0.3 is 0 Å². The lowest BCUT2D eigenvalue weighted by Gasteiger charge is -2.36. The molecule has 1 atom stereocenters. The van der Waals surface area contributed by atoms with Crippen molar-refractivity contribution in [2.75, 3.05) is 6.61 Å². The Hall–Kier alpha value is -0.0200. The van der Waals surface area contributed by atoms with E-state index in [0.717, 1.165) is 16.1 Å². The Kier molecular flexibility index (Phi) is 6.19. The molecule has 1 nitrogen and oxygen atoms in total. The Morgan fingerprint density at radius 3 is 2.43 bits per heavy atom. The molecule has 0 saturated heterocycles.